The van der Waals surface area contributed by atoms with Crippen molar-refractivity contribution in [2.45, 2.75) is 110 Å². The van der Waals surface area contributed by atoms with Gasteiger partial charge in [-0.05, 0) is 118 Å². The topological polar surface area (TPSA) is 129 Å². The van der Waals surface area contributed by atoms with Gasteiger partial charge >= 0.3 is 6.09 Å². The molecular formula is C38H52N4O5S. The molecule has 2 aliphatic rings. The molecule has 2 aromatic carbocycles. The summed E-state index contributed by atoms with van der Waals surface area (Å²) in [5.74, 6) is 1.73. The highest BCUT2D eigenvalue weighted by Crippen LogP contribution is 2.42. The van der Waals surface area contributed by atoms with Gasteiger partial charge in [0.2, 0.25) is 5.88 Å². The second kappa shape index (κ2) is 15.9. The first-order valence-electron chi connectivity index (χ1n) is 17.3. The standard InChI is InChI=1S/C38H52N4O5S/c1-24(2)47-37(44)39-30-16-14-27(15-17-30)32-18-13-26-10-8-12-31(19-26)48(45)42-36-40-33(35-25(3)9-7-11-28(35)22-43)20-34(41-36)46-23-29(32)21-38(4,5)6/h7-12,19-20,24,27,29-30,32,43H,13-18,21-23H2,1-6H3,(H,39,44)(H,40,41,42)/t27?,29-,30?,32?,48?/m1/s1. The van der Waals surface area contributed by atoms with Gasteiger partial charge in [-0.1, -0.05) is 51.1 Å². The predicted molar refractivity (Wildman–Crippen MR) is 190 cm³/mol. The molecule has 0 radical (unpaired) electrons. The zero-order valence-electron chi connectivity index (χ0n) is 29.3. The lowest BCUT2D eigenvalue weighted by Crippen LogP contribution is -2.41. The molecule has 1 aliphatic carbocycles. The molecule has 1 saturated carbocycles. The van der Waals surface area contributed by atoms with Gasteiger partial charge in [0.15, 0.2) is 4.90 Å². The van der Waals surface area contributed by atoms with E-state index in [9.17, 15) is 14.5 Å². The molecule has 2 unspecified atom stereocenters. The summed E-state index contributed by atoms with van der Waals surface area (Å²) in [6, 6.07) is 15.7. The smallest absolute Gasteiger partial charge is 0.407 e. The van der Waals surface area contributed by atoms with Crippen LogP contribution in [-0.4, -0.2) is 44.5 Å². The van der Waals surface area contributed by atoms with Crippen molar-refractivity contribution in [3.63, 3.8) is 0 Å². The maximum absolute atomic E-state index is 13.6. The zero-order chi connectivity index (χ0) is 34.4. The second-order valence-corrected chi connectivity index (χ2v) is 16.2. The molecule has 48 heavy (non-hydrogen) atoms. The Kier molecular flexibility index (Phi) is 11.9. The van der Waals surface area contributed by atoms with E-state index in [1.54, 1.807) is 0 Å². The fourth-order valence-corrected chi connectivity index (χ4v) is 8.30. The van der Waals surface area contributed by atoms with Crippen LogP contribution in [0.3, 0.4) is 0 Å². The molecule has 0 spiro atoms. The van der Waals surface area contributed by atoms with Gasteiger partial charge in [0.1, 0.15) is 11.4 Å². The van der Waals surface area contributed by atoms with E-state index in [2.05, 4.69) is 36.9 Å². The van der Waals surface area contributed by atoms with Crippen molar-refractivity contribution in [1.29, 1.82) is 0 Å². The quantitative estimate of drug-likeness (QED) is 0.226. The van der Waals surface area contributed by atoms with Gasteiger partial charge in [0.05, 0.1) is 25.0 Å². The number of benzene rings is 2. The Labute approximate surface area is 289 Å². The number of rotatable bonds is 6. The van der Waals surface area contributed by atoms with Gasteiger partial charge in [0, 0.05) is 17.7 Å². The summed E-state index contributed by atoms with van der Waals surface area (Å²) in [6.07, 6.45) is 6.23. The summed E-state index contributed by atoms with van der Waals surface area (Å²) in [7, 11) is 0. The number of aliphatic hydroxyl groups excluding tert-OH is 1. The Hall–Kier alpha value is -3.34. The average Bonchev–Trinajstić information content (AvgIpc) is 3.02. The third-order valence-corrected chi connectivity index (χ3v) is 10.6. The van der Waals surface area contributed by atoms with E-state index in [0.29, 0.717) is 34.9 Å². The number of alkyl carbamates (subject to hydrolysis) is 1. The Morgan fingerprint density at radius 2 is 1.85 bits per heavy atom. The molecular weight excluding hydrogens is 625 g/mol. The maximum Gasteiger partial charge on any atom is 0.407 e. The number of hydrogen-bond acceptors (Lipinski definition) is 8. The summed E-state index contributed by atoms with van der Waals surface area (Å²) in [5, 5.41) is 13.3. The maximum atomic E-state index is 13.6. The Bertz CT molecular complexity index is 1540. The van der Waals surface area contributed by atoms with Gasteiger partial charge in [-0.3, -0.25) is 0 Å². The van der Waals surface area contributed by atoms with Crippen LogP contribution in [0.15, 0.2) is 53.4 Å². The van der Waals surface area contributed by atoms with Crippen molar-refractivity contribution in [3.8, 4) is 17.1 Å². The monoisotopic (exact) mass is 676 g/mol. The summed E-state index contributed by atoms with van der Waals surface area (Å²) < 4.78 is 28.6. The molecule has 1 amide bonds. The number of hydrogen-bond donors (Lipinski definition) is 3. The number of ether oxygens (including phenoxy) is 2. The molecule has 10 heteroatoms. The molecule has 3 atom stereocenters. The van der Waals surface area contributed by atoms with Gasteiger partial charge in [-0.2, -0.15) is 9.71 Å². The van der Waals surface area contributed by atoms with E-state index in [4.69, 9.17) is 19.4 Å². The molecule has 4 bridgehead atoms. The number of nitrogens with zero attached hydrogens (tertiary/aromatic N) is 2. The van der Waals surface area contributed by atoms with E-state index in [1.807, 2.05) is 63.2 Å². The van der Waals surface area contributed by atoms with Crippen molar-refractivity contribution >= 4 is 23.4 Å². The highest BCUT2D eigenvalue weighted by molar-refractivity contribution is 7.92. The highest BCUT2D eigenvalue weighted by Gasteiger charge is 2.36. The lowest BCUT2D eigenvalue weighted by Gasteiger charge is -2.40. The largest absolute Gasteiger partial charge is 0.588 e. The number of nitrogens with one attached hydrogen (secondary N) is 2. The van der Waals surface area contributed by atoms with Crippen molar-refractivity contribution in [2.24, 2.45) is 23.2 Å². The van der Waals surface area contributed by atoms with Crippen LogP contribution in [0.4, 0.5) is 10.7 Å². The molecule has 0 saturated heterocycles. The fraction of sp³-hybridized carbons (Fsp3) is 0.553. The number of fused-ring (bicyclic) bond motifs is 4. The molecule has 3 N–H and O–H groups in total. The first-order chi connectivity index (χ1) is 22.9. The van der Waals surface area contributed by atoms with Gasteiger partial charge in [-0.25, -0.2) is 9.78 Å². The van der Waals surface area contributed by atoms with Crippen molar-refractivity contribution in [2.75, 3.05) is 11.3 Å². The molecule has 1 aliphatic heterocycles. The Balaban J connectivity index is 1.49. The van der Waals surface area contributed by atoms with Crippen LogP contribution in [0.1, 0.15) is 89.8 Å². The molecule has 9 nitrogen and oxygen atoms in total. The van der Waals surface area contributed by atoms with Gasteiger partial charge in [-0.15, -0.1) is 0 Å². The summed E-state index contributed by atoms with van der Waals surface area (Å²) >= 11 is -1.59. The molecule has 2 heterocycles. The summed E-state index contributed by atoms with van der Waals surface area (Å²) in [5.41, 5.74) is 4.36. The Morgan fingerprint density at radius 1 is 1.10 bits per heavy atom. The van der Waals surface area contributed by atoms with Crippen LogP contribution in [0.25, 0.3) is 11.3 Å². The normalized spacial score (nSPS) is 23.4. The summed E-state index contributed by atoms with van der Waals surface area (Å²) in [4.78, 5) is 22.5. The first kappa shape index (κ1) is 36.0. The first-order valence-corrected chi connectivity index (χ1v) is 18.5. The van der Waals surface area contributed by atoms with Crippen molar-refractivity contribution in [1.82, 2.24) is 15.3 Å². The average molecular weight is 677 g/mol. The predicted octanol–water partition coefficient (Wildman–Crippen LogP) is 7.77. The van der Waals surface area contributed by atoms with E-state index in [-0.39, 0.29) is 42.1 Å². The minimum absolute atomic E-state index is 0.0780. The minimum Gasteiger partial charge on any atom is -0.588 e. The van der Waals surface area contributed by atoms with Crippen LogP contribution in [0.5, 0.6) is 5.88 Å². The number of aliphatic hydroxyl groups is 1. The van der Waals surface area contributed by atoms with E-state index >= 15 is 0 Å². The van der Waals surface area contributed by atoms with E-state index in [0.717, 1.165) is 67.2 Å². The van der Waals surface area contributed by atoms with Crippen LogP contribution >= 0.6 is 0 Å². The van der Waals surface area contributed by atoms with Crippen molar-refractivity contribution in [3.05, 3.63) is 65.2 Å². The molecule has 1 aromatic heterocycles. The second-order valence-electron chi connectivity index (χ2n) is 14.9. The lowest BCUT2D eigenvalue weighted by atomic mass is 9.67. The van der Waals surface area contributed by atoms with E-state index < -0.39 is 11.4 Å². The Morgan fingerprint density at radius 3 is 2.56 bits per heavy atom. The lowest BCUT2D eigenvalue weighted by molar-refractivity contribution is 0.0757. The minimum atomic E-state index is -1.59. The number of amides is 1. The molecule has 3 aromatic rings. The van der Waals surface area contributed by atoms with Gasteiger partial charge < -0.3 is 24.4 Å². The molecule has 1 fully saturated rings. The van der Waals surface area contributed by atoms with Crippen LogP contribution in [0.2, 0.25) is 0 Å². The van der Waals surface area contributed by atoms with Crippen molar-refractivity contribution < 1.29 is 23.9 Å². The number of aryl methyl sites for hydroxylation is 2. The zero-order valence-corrected chi connectivity index (χ0v) is 30.1. The number of aromatic nitrogens is 2. The van der Waals surface area contributed by atoms with E-state index in [1.165, 1.54) is 0 Å². The highest BCUT2D eigenvalue weighted by atomic mass is 32.2. The third-order valence-electron chi connectivity index (χ3n) is 9.52. The molecule has 260 valence electrons. The number of anilines is 1. The SMILES string of the molecule is Cc1cccc(CO)c1-c1cc2nc(n1)N[S+]([O-])c1cccc(c1)CCC(C1CCC(NC(=O)OC(C)C)CC1)[C@H](CC(C)(C)C)CO2. The number of carbonyl (C=O) groups is 1. The van der Waals surface area contributed by atoms with Crippen LogP contribution in [0, 0.1) is 30.1 Å². The number of carbonyl (C=O) groups excluding carboxylic acids is 1. The molecule has 5 rings (SSSR count). The summed E-state index contributed by atoms with van der Waals surface area (Å²) in [6.45, 7) is 12.9. The van der Waals surface area contributed by atoms with Crippen LogP contribution < -0.4 is 14.8 Å². The van der Waals surface area contributed by atoms with Gasteiger partial charge in [0.25, 0.3) is 5.95 Å². The third kappa shape index (κ3) is 9.64. The van der Waals surface area contributed by atoms with Crippen LogP contribution in [-0.2, 0) is 29.1 Å². The fourth-order valence-electron chi connectivity index (χ4n) is 7.47.